The molecule has 10 atom stereocenters. The van der Waals surface area contributed by atoms with Crippen molar-refractivity contribution in [1.29, 1.82) is 0 Å². The van der Waals surface area contributed by atoms with Crippen LogP contribution < -0.4 is 0 Å². The number of rotatable bonds is 2. The summed E-state index contributed by atoms with van der Waals surface area (Å²) in [7, 11) is 0. The van der Waals surface area contributed by atoms with Crippen molar-refractivity contribution in [2.24, 2.45) is 23.7 Å². The van der Waals surface area contributed by atoms with E-state index in [1.54, 1.807) is 0 Å². The molecule has 4 aliphatic rings. The second-order valence-electron chi connectivity index (χ2n) is 8.34. The molecule has 6 heteroatoms. The monoisotopic (exact) mass is 342 g/mol. The van der Waals surface area contributed by atoms with E-state index in [1.165, 1.54) is 0 Å². The first kappa shape index (κ1) is 17.2. The van der Waals surface area contributed by atoms with Gasteiger partial charge in [-0.2, -0.15) is 0 Å². The average molecular weight is 342 g/mol. The van der Waals surface area contributed by atoms with E-state index >= 15 is 0 Å². The highest BCUT2D eigenvalue weighted by Gasteiger charge is 2.52. The van der Waals surface area contributed by atoms with Crippen LogP contribution in [0, 0.1) is 23.7 Å². The van der Waals surface area contributed by atoms with Gasteiger partial charge in [0.1, 0.15) is 0 Å². The van der Waals surface area contributed by atoms with Gasteiger partial charge in [0.15, 0.2) is 0 Å². The van der Waals surface area contributed by atoms with Crippen LogP contribution in [0.3, 0.4) is 0 Å². The molecule has 0 aromatic heterocycles. The van der Waals surface area contributed by atoms with Crippen molar-refractivity contribution in [2.45, 2.75) is 75.1 Å². The van der Waals surface area contributed by atoms with Crippen molar-refractivity contribution in [3.63, 3.8) is 0 Å². The summed E-state index contributed by atoms with van der Waals surface area (Å²) in [6.45, 7) is 1.37. The summed E-state index contributed by atoms with van der Waals surface area (Å²) in [6, 6.07) is 0. The lowest BCUT2D eigenvalue weighted by molar-refractivity contribution is -0.0800. The molecule has 0 radical (unpaired) electrons. The summed E-state index contributed by atoms with van der Waals surface area (Å²) < 4.78 is 12.3. The van der Waals surface area contributed by atoms with Gasteiger partial charge in [-0.05, 0) is 50.4 Å². The normalized spacial score (nSPS) is 55.5. The largest absolute Gasteiger partial charge is 0.390 e. The lowest BCUT2D eigenvalue weighted by atomic mass is 9.73. The highest BCUT2D eigenvalue weighted by molar-refractivity contribution is 5.00. The topological polar surface area (TPSA) is 99.4 Å². The van der Waals surface area contributed by atoms with Gasteiger partial charge in [-0.1, -0.05) is 0 Å². The maximum Gasteiger partial charge on any atom is 0.0802 e. The van der Waals surface area contributed by atoms with Crippen LogP contribution in [-0.2, 0) is 9.47 Å². The molecule has 0 amide bonds. The molecule has 138 valence electrons. The van der Waals surface area contributed by atoms with E-state index in [2.05, 4.69) is 0 Å². The minimum atomic E-state index is -0.639. The highest BCUT2D eigenvalue weighted by atomic mass is 16.5. The Kier molecular flexibility index (Phi) is 4.88. The molecule has 2 aliphatic heterocycles. The van der Waals surface area contributed by atoms with Crippen molar-refractivity contribution in [1.82, 2.24) is 0 Å². The summed E-state index contributed by atoms with van der Waals surface area (Å²) >= 11 is 0. The molecule has 2 saturated heterocycles. The predicted molar refractivity (Wildman–Crippen MR) is 85.2 cm³/mol. The van der Waals surface area contributed by atoms with Gasteiger partial charge in [-0.15, -0.1) is 0 Å². The number of aliphatic hydroxyl groups excluding tert-OH is 4. The van der Waals surface area contributed by atoms with Crippen LogP contribution in [0.25, 0.3) is 0 Å². The van der Waals surface area contributed by atoms with E-state index in [0.29, 0.717) is 62.6 Å². The molecule has 0 aromatic rings. The fraction of sp³-hybridized carbons (Fsp3) is 1.00. The molecule has 0 spiro atoms. The molecule has 6 nitrogen and oxygen atoms in total. The molecule has 4 fully saturated rings. The van der Waals surface area contributed by atoms with E-state index < -0.39 is 24.4 Å². The first-order valence-electron chi connectivity index (χ1n) is 9.50. The Morgan fingerprint density at radius 3 is 1.33 bits per heavy atom. The van der Waals surface area contributed by atoms with E-state index in [9.17, 15) is 20.4 Å². The molecular formula is C18H30O6. The van der Waals surface area contributed by atoms with Gasteiger partial charge in [-0.25, -0.2) is 0 Å². The molecular weight excluding hydrogens is 312 g/mol. The van der Waals surface area contributed by atoms with Crippen molar-refractivity contribution in [3.8, 4) is 0 Å². The summed E-state index contributed by atoms with van der Waals surface area (Å²) in [5.74, 6) is 1.29. The number of ether oxygens (including phenoxy) is 2. The third-order valence-corrected chi connectivity index (χ3v) is 6.93. The van der Waals surface area contributed by atoms with E-state index in [-0.39, 0.29) is 12.2 Å². The van der Waals surface area contributed by atoms with Crippen molar-refractivity contribution in [2.75, 3.05) is 13.2 Å². The molecule has 2 aliphatic carbocycles. The van der Waals surface area contributed by atoms with Gasteiger partial charge < -0.3 is 29.9 Å². The van der Waals surface area contributed by atoms with Crippen LogP contribution in [0.1, 0.15) is 38.5 Å². The average Bonchev–Trinajstić information content (AvgIpc) is 3.15. The van der Waals surface area contributed by atoms with Gasteiger partial charge in [0.25, 0.3) is 0 Å². The van der Waals surface area contributed by atoms with Gasteiger partial charge in [-0.3, -0.25) is 0 Å². The fourth-order valence-corrected chi connectivity index (χ4v) is 5.51. The Hall–Kier alpha value is -0.240. The van der Waals surface area contributed by atoms with Crippen LogP contribution in [0.2, 0.25) is 0 Å². The van der Waals surface area contributed by atoms with Gasteiger partial charge in [0.2, 0.25) is 0 Å². The SMILES string of the molecule is OC1CCC(C2OCC3C2COC3C2CCC(O)C(O)C2)CC1O. The molecule has 4 N–H and O–H groups in total. The van der Waals surface area contributed by atoms with Crippen LogP contribution in [-0.4, -0.2) is 70.3 Å². The molecule has 0 aromatic carbocycles. The minimum absolute atomic E-state index is 0.112. The standard InChI is InChI=1S/C18H30O6/c19-13-3-1-9(5-15(13)21)17-11-7-24-18(12(11)8-23-17)10-2-4-14(20)16(22)6-10/h9-22H,1-8H2. The van der Waals surface area contributed by atoms with Crippen molar-refractivity contribution < 1.29 is 29.9 Å². The first-order chi connectivity index (χ1) is 11.5. The third-order valence-electron chi connectivity index (χ3n) is 6.93. The zero-order valence-electron chi connectivity index (χ0n) is 14.0. The van der Waals surface area contributed by atoms with E-state index in [4.69, 9.17) is 9.47 Å². The predicted octanol–water partition coefficient (Wildman–Crippen LogP) is 0.0602. The van der Waals surface area contributed by atoms with Gasteiger partial charge >= 0.3 is 0 Å². The molecule has 2 saturated carbocycles. The molecule has 10 unspecified atom stereocenters. The smallest absolute Gasteiger partial charge is 0.0802 e. The van der Waals surface area contributed by atoms with Crippen LogP contribution >= 0.6 is 0 Å². The van der Waals surface area contributed by atoms with Crippen molar-refractivity contribution >= 4 is 0 Å². The van der Waals surface area contributed by atoms with Gasteiger partial charge in [0.05, 0.1) is 49.8 Å². The number of hydrogen-bond acceptors (Lipinski definition) is 6. The third kappa shape index (κ3) is 3.02. The highest BCUT2D eigenvalue weighted by Crippen LogP contribution is 2.47. The second-order valence-corrected chi connectivity index (χ2v) is 8.34. The fourth-order valence-electron chi connectivity index (χ4n) is 5.51. The molecule has 2 heterocycles. The number of aliphatic hydroxyl groups is 4. The Bertz CT molecular complexity index is 405. The van der Waals surface area contributed by atoms with Crippen LogP contribution in [0.15, 0.2) is 0 Å². The summed E-state index contributed by atoms with van der Waals surface area (Å²) in [6.07, 6.45) is 2.03. The van der Waals surface area contributed by atoms with Gasteiger partial charge in [0, 0.05) is 11.8 Å². The zero-order chi connectivity index (χ0) is 16.8. The quantitative estimate of drug-likeness (QED) is 0.566. The Morgan fingerprint density at radius 2 is 0.958 bits per heavy atom. The maximum absolute atomic E-state index is 9.97. The number of hydrogen-bond donors (Lipinski definition) is 4. The van der Waals surface area contributed by atoms with Crippen LogP contribution in [0.4, 0.5) is 0 Å². The summed E-state index contributed by atoms with van der Waals surface area (Å²) in [4.78, 5) is 0. The maximum atomic E-state index is 9.97. The first-order valence-corrected chi connectivity index (χ1v) is 9.50. The Balaban J connectivity index is 1.39. The lowest BCUT2D eigenvalue weighted by Gasteiger charge is -2.35. The Morgan fingerprint density at radius 1 is 0.542 bits per heavy atom. The molecule has 0 bridgehead atoms. The summed E-state index contributed by atoms with van der Waals surface area (Å²) in [5, 5.41) is 39.4. The Labute approximate surface area is 142 Å². The zero-order valence-corrected chi connectivity index (χ0v) is 14.0. The van der Waals surface area contributed by atoms with Crippen molar-refractivity contribution in [3.05, 3.63) is 0 Å². The minimum Gasteiger partial charge on any atom is -0.390 e. The van der Waals surface area contributed by atoms with E-state index in [0.717, 1.165) is 12.8 Å². The number of fused-ring (bicyclic) bond motifs is 1. The molecule has 24 heavy (non-hydrogen) atoms. The molecule has 4 rings (SSSR count). The van der Waals surface area contributed by atoms with E-state index in [1.807, 2.05) is 0 Å². The lowest BCUT2D eigenvalue weighted by Crippen LogP contribution is -2.41. The summed E-state index contributed by atoms with van der Waals surface area (Å²) in [5.41, 5.74) is 0. The second kappa shape index (κ2) is 6.82. The van der Waals surface area contributed by atoms with Crippen LogP contribution in [0.5, 0.6) is 0 Å².